The highest BCUT2D eigenvalue weighted by Crippen LogP contribution is 2.29. The second-order valence-corrected chi connectivity index (χ2v) is 6.04. The average molecular weight is 274 g/mol. The van der Waals surface area contributed by atoms with Crippen molar-refractivity contribution >= 4 is 0 Å². The fraction of sp³-hybridized carbons (Fsp3) is 0.647. The Bertz CT molecular complexity index is 404. The van der Waals surface area contributed by atoms with Gasteiger partial charge in [-0.05, 0) is 49.9 Å². The summed E-state index contributed by atoms with van der Waals surface area (Å²) in [5.74, 6) is 0.996. The van der Waals surface area contributed by atoms with E-state index >= 15 is 0 Å². The van der Waals surface area contributed by atoms with Crippen LogP contribution in [0.15, 0.2) is 24.3 Å². The third kappa shape index (κ3) is 3.15. The normalized spacial score (nSPS) is 26.4. The van der Waals surface area contributed by atoms with Crippen LogP contribution in [0.4, 0.5) is 0 Å². The fourth-order valence-electron chi connectivity index (χ4n) is 3.46. The zero-order chi connectivity index (χ0) is 13.8. The summed E-state index contributed by atoms with van der Waals surface area (Å²) < 4.78 is 5.65. The highest BCUT2D eigenvalue weighted by molar-refractivity contribution is 5.27. The smallest absolute Gasteiger partial charge is 0.119 e. The standard InChI is InChI=1S/C17H26N2O/c1-2-11-20-17-7-3-14(4-8-17)13-19-15-5-6-16(19)12-18-10-9-15/h3-4,7-8,15-16,18H,2,5-6,9-13H2,1H3. The van der Waals surface area contributed by atoms with Crippen LogP contribution in [-0.2, 0) is 6.54 Å². The number of nitrogens with one attached hydrogen (secondary N) is 1. The van der Waals surface area contributed by atoms with E-state index in [2.05, 4.69) is 41.4 Å². The minimum Gasteiger partial charge on any atom is -0.494 e. The molecular weight excluding hydrogens is 248 g/mol. The molecule has 20 heavy (non-hydrogen) atoms. The number of ether oxygens (including phenoxy) is 1. The van der Waals surface area contributed by atoms with Crippen LogP contribution in [0.5, 0.6) is 5.75 Å². The van der Waals surface area contributed by atoms with E-state index in [4.69, 9.17) is 4.74 Å². The van der Waals surface area contributed by atoms with Crippen molar-refractivity contribution in [2.75, 3.05) is 19.7 Å². The van der Waals surface area contributed by atoms with E-state index in [9.17, 15) is 0 Å². The maximum absolute atomic E-state index is 5.65. The molecule has 0 saturated carbocycles. The van der Waals surface area contributed by atoms with Crippen molar-refractivity contribution in [2.45, 2.75) is 51.2 Å². The van der Waals surface area contributed by atoms with Gasteiger partial charge in [0.1, 0.15) is 5.75 Å². The van der Waals surface area contributed by atoms with Crippen molar-refractivity contribution in [1.29, 1.82) is 0 Å². The van der Waals surface area contributed by atoms with Gasteiger partial charge >= 0.3 is 0 Å². The summed E-state index contributed by atoms with van der Waals surface area (Å²) in [5.41, 5.74) is 1.41. The summed E-state index contributed by atoms with van der Waals surface area (Å²) in [5, 5.41) is 3.57. The molecule has 2 heterocycles. The molecule has 0 aromatic heterocycles. The number of nitrogens with zero attached hydrogens (tertiary/aromatic N) is 1. The SMILES string of the molecule is CCCOc1ccc(CN2C3CCNCC2CC3)cc1. The first-order chi connectivity index (χ1) is 9.86. The molecule has 2 unspecified atom stereocenters. The molecule has 0 amide bonds. The van der Waals surface area contributed by atoms with Gasteiger partial charge in [0.25, 0.3) is 0 Å². The maximum Gasteiger partial charge on any atom is 0.119 e. The summed E-state index contributed by atoms with van der Waals surface area (Å²) >= 11 is 0. The average Bonchev–Trinajstić information content (AvgIpc) is 2.71. The lowest BCUT2D eigenvalue weighted by Gasteiger charge is -2.27. The summed E-state index contributed by atoms with van der Waals surface area (Å²) in [6.07, 6.45) is 5.10. The summed E-state index contributed by atoms with van der Waals surface area (Å²) in [6.45, 7) is 6.37. The predicted octanol–water partition coefficient (Wildman–Crippen LogP) is 2.80. The van der Waals surface area contributed by atoms with E-state index < -0.39 is 0 Å². The van der Waals surface area contributed by atoms with E-state index in [1.54, 1.807) is 0 Å². The van der Waals surface area contributed by atoms with Crippen molar-refractivity contribution < 1.29 is 4.74 Å². The number of benzene rings is 1. The lowest BCUT2D eigenvalue weighted by Crippen LogP contribution is -2.37. The number of fused-ring (bicyclic) bond motifs is 2. The first-order valence-electron chi connectivity index (χ1n) is 8.05. The van der Waals surface area contributed by atoms with Gasteiger partial charge in [-0.1, -0.05) is 19.1 Å². The van der Waals surface area contributed by atoms with Crippen molar-refractivity contribution in [3.8, 4) is 5.75 Å². The topological polar surface area (TPSA) is 24.5 Å². The Balaban J connectivity index is 1.62. The molecule has 2 saturated heterocycles. The molecule has 3 heteroatoms. The molecule has 110 valence electrons. The van der Waals surface area contributed by atoms with Crippen molar-refractivity contribution in [3.05, 3.63) is 29.8 Å². The van der Waals surface area contributed by atoms with E-state index in [1.807, 2.05) is 0 Å². The minimum absolute atomic E-state index is 0.735. The van der Waals surface area contributed by atoms with Crippen LogP contribution in [0.2, 0.25) is 0 Å². The number of hydrogen-bond acceptors (Lipinski definition) is 3. The van der Waals surface area contributed by atoms with Gasteiger partial charge in [0.15, 0.2) is 0 Å². The van der Waals surface area contributed by atoms with Crippen molar-refractivity contribution in [1.82, 2.24) is 10.2 Å². The van der Waals surface area contributed by atoms with Crippen LogP contribution in [0, 0.1) is 0 Å². The van der Waals surface area contributed by atoms with Crippen LogP contribution < -0.4 is 10.1 Å². The Hall–Kier alpha value is -1.06. The van der Waals surface area contributed by atoms with Crippen LogP contribution in [-0.4, -0.2) is 36.7 Å². The quantitative estimate of drug-likeness (QED) is 0.893. The van der Waals surface area contributed by atoms with Crippen LogP contribution in [0.25, 0.3) is 0 Å². The van der Waals surface area contributed by atoms with Gasteiger partial charge in [0.2, 0.25) is 0 Å². The minimum atomic E-state index is 0.735. The van der Waals surface area contributed by atoms with Crippen LogP contribution in [0.1, 0.15) is 38.2 Å². The van der Waals surface area contributed by atoms with Crippen LogP contribution in [0.3, 0.4) is 0 Å². The Labute approximate surface area is 122 Å². The lowest BCUT2D eigenvalue weighted by atomic mass is 10.1. The zero-order valence-corrected chi connectivity index (χ0v) is 12.5. The molecule has 2 atom stereocenters. The summed E-state index contributed by atoms with van der Waals surface area (Å²) in [4.78, 5) is 2.71. The second-order valence-electron chi connectivity index (χ2n) is 6.04. The van der Waals surface area contributed by atoms with E-state index in [0.29, 0.717) is 0 Å². The van der Waals surface area contributed by atoms with Gasteiger partial charge in [-0.3, -0.25) is 4.90 Å². The Morgan fingerprint density at radius 3 is 2.75 bits per heavy atom. The predicted molar refractivity (Wildman–Crippen MR) is 82.1 cm³/mol. The molecule has 2 bridgehead atoms. The molecule has 2 aliphatic rings. The van der Waals surface area contributed by atoms with E-state index in [1.165, 1.54) is 31.4 Å². The monoisotopic (exact) mass is 274 g/mol. The van der Waals surface area contributed by atoms with E-state index in [0.717, 1.165) is 44.0 Å². The molecule has 0 radical (unpaired) electrons. The van der Waals surface area contributed by atoms with Gasteiger partial charge in [0.05, 0.1) is 6.61 Å². The molecule has 0 aliphatic carbocycles. The number of hydrogen-bond donors (Lipinski definition) is 1. The first-order valence-corrected chi connectivity index (χ1v) is 8.05. The Kier molecular flexibility index (Phi) is 4.58. The molecule has 0 spiro atoms. The van der Waals surface area contributed by atoms with Gasteiger partial charge in [-0.15, -0.1) is 0 Å². The van der Waals surface area contributed by atoms with Gasteiger partial charge in [-0.25, -0.2) is 0 Å². The Morgan fingerprint density at radius 1 is 1.15 bits per heavy atom. The highest BCUT2D eigenvalue weighted by Gasteiger charge is 2.34. The molecule has 2 fully saturated rings. The zero-order valence-electron chi connectivity index (χ0n) is 12.5. The van der Waals surface area contributed by atoms with Crippen LogP contribution >= 0.6 is 0 Å². The van der Waals surface area contributed by atoms with Gasteiger partial charge in [0, 0.05) is 25.2 Å². The largest absolute Gasteiger partial charge is 0.494 e. The molecule has 1 N–H and O–H groups in total. The number of rotatable bonds is 5. The fourth-order valence-corrected chi connectivity index (χ4v) is 3.46. The second kappa shape index (κ2) is 6.59. The van der Waals surface area contributed by atoms with Crippen molar-refractivity contribution in [3.63, 3.8) is 0 Å². The molecule has 2 aliphatic heterocycles. The first kappa shape index (κ1) is 13.9. The molecule has 3 rings (SSSR count). The molecule has 1 aromatic rings. The van der Waals surface area contributed by atoms with E-state index in [-0.39, 0.29) is 0 Å². The maximum atomic E-state index is 5.65. The third-order valence-electron chi connectivity index (χ3n) is 4.57. The molecule has 1 aromatic carbocycles. The molecule has 3 nitrogen and oxygen atoms in total. The van der Waals surface area contributed by atoms with Gasteiger partial charge in [-0.2, -0.15) is 0 Å². The van der Waals surface area contributed by atoms with Gasteiger partial charge < -0.3 is 10.1 Å². The lowest BCUT2D eigenvalue weighted by molar-refractivity contribution is 0.193. The Morgan fingerprint density at radius 2 is 1.95 bits per heavy atom. The third-order valence-corrected chi connectivity index (χ3v) is 4.57. The summed E-state index contributed by atoms with van der Waals surface area (Å²) in [6, 6.07) is 10.2. The van der Waals surface area contributed by atoms with Crippen molar-refractivity contribution in [2.24, 2.45) is 0 Å². The highest BCUT2D eigenvalue weighted by atomic mass is 16.5. The summed E-state index contributed by atoms with van der Waals surface area (Å²) in [7, 11) is 0. The molecular formula is C17H26N2O.